The summed E-state index contributed by atoms with van der Waals surface area (Å²) in [5.74, 6) is 0.357. The maximum atomic E-state index is 10.4. The molecule has 4 heteroatoms. The highest BCUT2D eigenvalue weighted by Gasteiger charge is 2.12. The van der Waals surface area contributed by atoms with Crippen LogP contribution in [-0.4, -0.2) is 9.75 Å². The van der Waals surface area contributed by atoms with Crippen molar-refractivity contribution in [2.45, 2.75) is 24.6 Å². The number of halogens is 1. The molecule has 2 unspecified atom stereocenters. The second-order valence-corrected chi connectivity index (χ2v) is 4.76. The van der Waals surface area contributed by atoms with E-state index in [1.54, 1.807) is 24.3 Å². The summed E-state index contributed by atoms with van der Waals surface area (Å²) < 4.78 is 0. The Hall–Kier alpha value is -0.900. The molecule has 0 aliphatic carbocycles. The monoisotopic (exact) mass is 257 g/mol. The zero-order valence-electron chi connectivity index (χ0n) is 8.11. The highest BCUT2D eigenvalue weighted by Crippen LogP contribution is 2.25. The van der Waals surface area contributed by atoms with E-state index in [1.165, 1.54) is 0 Å². The van der Waals surface area contributed by atoms with E-state index in [1.807, 2.05) is 0 Å². The third-order valence-corrected chi connectivity index (χ3v) is 3.11. The van der Waals surface area contributed by atoms with E-state index in [-0.39, 0.29) is 10.6 Å². The minimum atomic E-state index is -0.383. The first kappa shape index (κ1) is 11.2. The lowest BCUT2D eigenvalue weighted by Crippen LogP contribution is -2.04. The lowest BCUT2D eigenvalue weighted by atomic mass is 9.98. The van der Waals surface area contributed by atoms with Crippen LogP contribution in [-0.2, 0) is 0 Å². The van der Waals surface area contributed by atoms with E-state index in [4.69, 9.17) is 0 Å². The van der Waals surface area contributed by atoms with Gasteiger partial charge in [0.1, 0.15) is 0 Å². The minimum Gasteiger partial charge on any atom is -0.258 e. The zero-order chi connectivity index (χ0) is 10.7. The van der Waals surface area contributed by atoms with Crippen LogP contribution in [0.25, 0.3) is 0 Å². The van der Waals surface area contributed by atoms with E-state index in [2.05, 4.69) is 29.8 Å². The number of rotatable bonds is 3. The van der Waals surface area contributed by atoms with E-state index in [9.17, 15) is 10.1 Å². The highest BCUT2D eigenvalue weighted by atomic mass is 79.9. The Morgan fingerprint density at radius 1 is 1.29 bits per heavy atom. The SMILES string of the molecule is CC(Br)C(C)c1ccc([N+](=O)[O-])cc1. The molecule has 0 amide bonds. The van der Waals surface area contributed by atoms with Gasteiger partial charge in [0.2, 0.25) is 0 Å². The van der Waals surface area contributed by atoms with Crippen molar-refractivity contribution >= 4 is 21.6 Å². The van der Waals surface area contributed by atoms with Crippen molar-refractivity contribution in [2.75, 3.05) is 0 Å². The molecule has 1 aromatic rings. The Balaban J connectivity index is 2.88. The Bertz CT molecular complexity index is 321. The molecule has 2 atom stereocenters. The van der Waals surface area contributed by atoms with Gasteiger partial charge in [0.15, 0.2) is 0 Å². The summed E-state index contributed by atoms with van der Waals surface area (Å²) in [6.07, 6.45) is 0. The molecule has 0 spiro atoms. The van der Waals surface area contributed by atoms with Gasteiger partial charge in [0.05, 0.1) is 4.92 Å². The predicted molar refractivity (Wildman–Crippen MR) is 59.9 cm³/mol. The van der Waals surface area contributed by atoms with Crippen LogP contribution in [0.5, 0.6) is 0 Å². The molecule has 0 aromatic heterocycles. The van der Waals surface area contributed by atoms with Crippen molar-refractivity contribution in [1.82, 2.24) is 0 Å². The summed E-state index contributed by atoms with van der Waals surface area (Å²) >= 11 is 3.49. The largest absolute Gasteiger partial charge is 0.269 e. The number of non-ortho nitro benzene ring substituents is 1. The van der Waals surface area contributed by atoms with Crippen molar-refractivity contribution in [1.29, 1.82) is 0 Å². The van der Waals surface area contributed by atoms with Crippen molar-refractivity contribution in [3.8, 4) is 0 Å². The standard InChI is InChI=1S/C10H12BrNO2/c1-7(8(2)11)9-3-5-10(6-4-9)12(13)14/h3-8H,1-2H3. The maximum Gasteiger partial charge on any atom is 0.269 e. The number of nitrogens with zero attached hydrogens (tertiary/aromatic N) is 1. The van der Waals surface area contributed by atoms with Gasteiger partial charge in [0.25, 0.3) is 5.69 Å². The number of nitro benzene ring substituents is 1. The molecule has 0 aliphatic rings. The van der Waals surface area contributed by atoms with Crippen LogP contribution in [0.2, 0.25) is 0 Å². The Morgan fingerprint density at radius 3 is 2.14 bits per heavy atom. The van der Waals surface area contributed by atoms with Gasteiger partial charge in [-0.25, -0.2) is 0 Å². The molecule has 0 saturated heterocycles. The molecule has 14 heavy (non-hydrogen) atoms. The maximum absolute atomic E-state index is 10.4. The second kappa shape index (κ2) is 4.55. The van der Waals surface area contributed by atoms with Crippen LogP contribution in [0, 0.1) is 10.1 Å². The number of alkyl halides is 1. The fourth-order valence-corrected chi connectivity index (χ4v) is 1.47. The lowest BCUT2D eigenvalue weighted by molar-refractivity contribution is -0.384. The number of hydrogen-bond acceptors (Lipinski definition) is 2. The van der Waals surface area contributed by atoms with Gasteiger partial charge in [-0.3, -0.25) is 10.1 Å². The molecule has 0 aliphatic heterocycles. The van der Waals surface area contributed by atoms with Crippen molar-refractivity contribution in [3.05, 3.63) is 39.9 Å². The molecule has 0 bridgehead atoms. The van der Waals surface area contributed by atoms with Gasteiger partial charge in [-0.2, -0.15) is 0 Å². The molecule has 0 saturated carbocycles. The first-order valence-electron chi connectivity index (χ1n) is 4.41. The third-order valence-electron chi connectivity index (χ3n) is 2.32. The van der Waals surface area contributed by atoms with Crippen LogP contribution < -0.4 is 0 Å². The fourth-order valence-electron chi connectivity index (χ4n) is 1.16. The normalized spacial score (nSPS) is 14.8. The summed E-state index contributed by atoms with van der Waals surface area (Å²) in [4.78, 5) is 10.4. The molecule has 0 N–H and O–H groups in total. The van der Waals surface area contributed by atoms with Crippen LogP contribution in [0.3, 0.4) is 0 Å². The van der Waals surface area contributed by atoms with E-state index < -0.39 is 0 Å². The van der Waals surface area contributed by atoms with Crippen LogP contribution in [0.4, 0.5) is 5.69 Å². The zero-order valence-corrected chi connectivity index (χ0v) is 9.69. The fraction of sp³-hybridized carbons (Fsp3) is 0.400. The lowest BCUT2D eigenvalue weighted by Gasteiger charge is -2.13. The van der Waals surface area contributed by atoms with Gasteiger partial charge >= 0.3 is 0 Å². The minimum absolute atomic E-state index is 0.142. The molecule has 0 heterocycles. The molecular weight excluding hydrogens is 246 g/mol. The van der Waals surface area contributed by atoms with Crippen LogP contribution in [0.1, 0.15) is 25.3 Å². The van der Waals surface area contributed by atoms with E-state index in [0.717, 1.165) is 5.56 Å². The number of benzene rings is 1. The molecule has 1 aromatic carbocycles. The van der Waals surface area contributed by atoms with Crippen molar-refractivity contribution in [3.63, 3.8) is 0 Å². The molecule has 3 nitrogen and oxygen atoms in total. The quantitative estimate of drug-likeness (QED) is 0.473. The smallest absolute Gasteiger partial charge is 0.258 e. The average molecular weight is 258 g/mol. The molecule has 76 valence electrons. The summed E-state index contributed by atoms with van der Waals surface area (Å²) in [7, 11) is 0. The second-order valence-electron chi connectivity index (χ2n) is 3.31. The number of nitro groups is 1. The molecule has 0 radical (unpaired) electrons. The van der Waals surface area contributed by atoms with Gasteiger partial charge in [-0.1, -0.05) is 41.9 Å². The van der Waals surface area contributed by atoms with Gasteiger partial charge < -0.3 is 0 Å². The summed E-state index contributed by atoms with van der Waals surface area (Å²) in [5.41, 5.74) is 1.25. The highest BCUT2D eigenvalue weighted by molar-refractivity contribution is 9.09. The first-order valence-corrected chi connectivity index (χ1v) is 5.32. The molecule has 0 fully saturated rings. The summed E-state index contributed by atoms with van der Waals surface area (Å²) in [6, 6.07) is 6.70. The molecular formula is C10H12BrNO2. The number of hydrogen-bond donors (Lipinski definition) is 0. The topological polar surface area (TPSA) is 43.1 Å². The Kier molecular flexibility index (Phi) is 3.63. The van der Waals surface area contributed by atoms with Crippen molar-refractivity contribution < 1.29 is 4.92 Å². The van der Waals surface area contributed by atoms with Gasteiger partial charge in [-0.05, 0) is 11.5 Å². The first-order chi connectivity index (χ1) is 6.52. The average Bonchev–Trinajstić information content (AvgIpc) is 2.16. The van der Waals surface area contributed by atoms with E-state index in [0.29, 0.717) is 10.7 Å². The summed E-state index contributed by atoms with van der Waals surface area (Å²) in [6.45, 7) is 4.15. The van der Waals surface area contributed by atoms with E-state index >= 15 is 0 Å². The summed E-state index contributed by atoms with van der Waals surface area (Å²) in [5, 5.41) is 10.4. The van der Waals surface area contributed by atoms with Crippen LogP contribution in [0.15, 0.2) is 24.3 Å². The molecule has 1 rings (SSSR count). The van der Waals surface area contributed by atoms with Crippen molar-refractivity contribution in [2.24, 2.45) is 0 Å². The van der Waals surface area contributed by atoms with Gasteiger partial charge in [0, 0.05) is 17.0 Å². The Labute approximate surface area is 91.4 Å². The van der Waals surface area contributed by atoms with Crippen LogP contribution >= 0.6 is 15.9 Å². The predicted octanol–water partition coefficient (Wildman–Crippen LogP) is 3.48. The Morgan fingerprint density at radius 2 is 1.79 bits per heavy atom. The van der Waals surface area contributed by atoms with Gasteiger partial charge in [-0.15, -0.1) is 0 Å². The third kappa shape index (κ3) is 2.54.